The van der Waals surface area contributed by atoms with Crippen LogP contribution in [0.4, 0.5) is 31.3 Å². The normalized spacial score (nSPS) is 14.1. The fourth-order valence-electron chi connectivity index (χ4n) is 4.80. The first-order valence-electron chi connectivity index (χ1n) is 14.2. The minimum atomic E-state index is -0.691. The van der Waals surface area contributed by atoms with Crippen molar-refractivity contribution in [2.24, 2.45) is 0 Å². The highest BCUT2D eigenvalue weighted by molar-refractivity contribution is 6.00. The van der Waals surface area contributed by atoms with Crippen LogP contribution in [0.15, 0.2) is 60.9 Å². The molecule has 1 N–H and O–H groups in total. The summed E-state index contributed by atoms with van der Waals surface area (Å²) in [6, 6.07) is 13.9. The Morgan fingerprint density at radius 1 is 0.860 bits per heavy atom. The zero-order chi connectivity index (χ0) is 30.9. The number of carbonyl (C=O) groups is 2. The van der Waals surface area contributed by atoms with E-state index in [0.717, 1.165) is 11.4 Å². The fraction of sp³-hybridized carbons (Fsp3) is 0.375. The Morgan fingerprint density at radius 3 is 2.16 bits per heavy atom. The van der Waals surface area contributed by atoms with E-state index in [1.54, 1.807) is 50.2 Å². The number of nitrogens with zero attached hydrogens (tertiary/aromatic N) is 5. The van der Waals surface area contributed by atoms with E-state index in [1.165, 1.54) is 16.7 Å². The highest BCUT2D eigenvalue weighted by Crippen LogP contribution is 2.32. The first-order chi connectivity index (χ1) is 20.3. The molecule has 0 spiro atoms. The number of anilines is 3. The summed E-state index contributed by atoms with van der Waals surface area (Å²) in [5.74, 6) is -0.0692. The summed E-state index contributed by atoms with van der Waals surface area (Å²) in [5, 5.41) is 3.76. The summed E-state index contributed by atoms with van der Waals surface area (Å²) in [5.41, 5.74) is 2.24. The molecular formula is C32H37FN6O4. The van der Waals surface area contributed by atoms with Gasteiger partial charge in [-0.25, -0.2) is 23.9 Å². The molecule has 11 heteroatoms. The SMILES string of the molecule is CC(C)(C)OC(=O)N1CCN(c2ccc(Nc3nccc(-c4cn(C(=O)OC(C)(C)C)c5ccc(F)cc45)n3)cc2)CC1. The highest BCUT2D eigenvalue weighted by atomic mass is 19.1. The molecule has 2 aromatic carbocycles. The van der Waals surface area contributed by atoms with Gasteiger partial charge in [0.05, 0.1) is 11.2 Å². The van der Waals surface area contributed by atoms with Crippen LogP contribution in [0, 0.1) is 5.82 Å². The van der Waals surface area contributed by atoms with Crippen molar-refractivity contribution in [2.45, 2.75) is 52.7 Å². The number of hydrogen-bond acceptors (Lipinski definition) is 8. The molecule has 10 nitrogen and oxygen atoms in total. The van der Waals surface area contributed by atoms with E-state index in [4.69, 9.17) is 9.47 Å². The molecule has 1 aliphatic rings. The third kappa shape index (κ3) is 7.22. The van der Waals surface area contributed by atoms with Gasteiger partial charge in [-0.05, 0) is 90.1 Å². The van der Waals surface area contributed by atoms with Gasteiger partial charge in [0.25, 0.3) is 0 Å². The van der Waals surface area contributed by atoms with Crippen molar-refractivity contribution in [3.05, 3.63) is 66.7 Å². The third-order valence-electron chi connectivity index (χ3n) is 6.71. The van der Waals surface area contributed by atoms with Crippen LogP contribution in [-0.2, 0) is 9.47 Å². The summed E-state index contributed by atoms with van der Waals surface area (Å²) in [7, 11) is 0. The van der Waals surface area contributed by atoms with Crippen molar-refractivity contribution in [1.29, 1.82) is 0 Å². The van der Waals surface area contributed by atoms with Crippen LogP contribution in [0.5, 0.6) is 0 Å². The van der Waals surface area contributed by atoms with Crippen LogP contribution in [-0.4, -0.2) is 69.0 Å². The topological polar surface area (TPSA) is 102 Å². The van der Waals surface area contributed by atoms with Crippen molar-refractivity contribution in [2.75, 3.05) is 36.4 Å². The standard InChI is InChI=1S/C32H37FN6O4/c1-31(2,3)42-29(40)38-17-15-37(16-18-38)23-10-8-22(9-11-23)35-28-34-14-13-26(36-28)25-20-39(30(41)43-32(4,5)6)27-12-7-21(33)19-24(25)27/h7-14,19-20H,15-18H2,1-6H3,(H,34,35,36). The van der Waals surface area contributed by atoms with Gasteiger partial charge in [0.15, 0.2) is 0 Å². The number of rotatable bonds is 4. The van der Waals surface area contributed by atoms with Gasteiger partial charge < -0.3 is 24.6 Å². The summed E-state index contributed by atoms with van der Waals surface area (Å²) in [6.45, 7) is 13.5. The Labute approximate surface area is 250 Å². The van der Waals surface area contributed by atoms with E-state index in [9.17, 15) is 14.0 Å². The summed E-state index contributed by atoms with van der Waals surface area (Å²) in [6.07, 6.45) is 2.38. The molecule has 0 saturated carbocycles. The Morgan fingerprint density at radius 2 is 1.51 bits per heavy atom. The lowest BCUT2D eigenvalue weighted by Crippen LogP contribution is -2.50. The molecule has 2 aromatic heterocycles. The zero-order valence-electron chi connectivity index (χ0n) is 25.3. The molecule has 1 saturated heterocycles. The van der Waals surface area contributed by atoms with Crippen LogP contribution >= 0.6 is 0 Å². The number of piperazine rings is 1. The maximum Gasteiger partial charge on any atom is 0.419 e. The Kier molecular flexibility index (Phi) is 8.00. The molecule has 5 rings (SSSR count). The lowest BCUT2D eigenvalue weighted by atomic mass is 10.1. The van der Waals surface area contributed by atoms with Gasteiger partial charge in [0.1, 0.15) is 17.0 Å². The molecule has 4 aromatic rings. The van der Waals surface area contributed by atoms with Crippen LogP contribution < -0.4 is 10.2 Å². The average Bonchev–Trinajstić information content (AvgIpc) is 3.31. The molecule has 226 valence electrons. The smallest absolute Gasteiger partial charge is 0.419 e. The van der Waals surface area contributed by atoms with Gasteiger partial charge in [-0.2, -0.15) is 0 Å². The molecule has 3 heterocycles. The van der Waals surface area contributed by atoms with Crippen molar-refractivity contribution < 1.29 is 23.5 Å². The lowest BCUT2D eigenvalue weighted by molar-refractivity contribution is 0.0240. The molecule has 0 unspecified atom stereocenters. The minimum absolute atomic E-state index is 0.284. The maximum atomic E-state index is 14.3. The molecule has 43 heavy (non-hydrogen) atoms. The number of ether oxygens (including phenoxy) is 2. The van der Waals surface area contributed by atoms with E-state index in [-0.39, 0.29) is 6.09 Å². The first-order valence-corrected chi connectivity index (χ1v) is 14.2. The zero-order valence-corrected chi connectivity index (χ0v) is 25.3. The largest absolute Gasteiger partial charge is 0.444 e. The number of nitrogens with one attached hydrogen (secondary N) is 1. The van der Waals surface area contributed by atoms with Crippen LogP contribution in [0.3, 0.4) is 0 Å². The van der Waals surface area contributed by atoms with E-state index in [0.29, 0.717) is 54.3 Å². The number of amides is 1. The quantitative estimate of drug-likeness (QED) is 0.277. The second-order valence-electron chi connectivity index (χ2n) is 12.4. The number of benzene rings is 2. The van der Waals surface area contributed by atoms with Gasteiger partial charge in [-0.3, -0.25) is 4.57 Å². The van der Waals surface area contributed by atoms with Gasteiger partial charge in [0, 0.05) is 60.9 Å². The second kappa shape index (κ2) is 11.5. The molecule has 1 aliphatic heterocycles. The Hall–Kier alpha value is -4.67. The Bertz CT molecular complexity index is 1630. The van der Waals surface area contributed by atoms with Crippen molar-refractivity contribution in [1.82, 2.24) is 19.4 Å². The van der Waals surface area contributed by atoms with E-state index < -0.39 is 23.1 Å². The number of aromatic nitrogens is 3. The van der Waals surface area contributed by atoms with E-state index in [2.05, 4.69) is 20.2 Å². The molecule has 0 bridgehead atoms. The molecule has 0 radical (unpaired) electrons. The van der Waals surface area contributed by atoms with E-state index >= 15 is 0 Å². The Balaban J connectivity index is 1.30. The predicted octanol–water partition coefficient (Wildman–Crippen LogP) is 6.82. The van der Waals surface area contributed by atoms with Crippen LogP contribution in [0.1, 0.15) is 41.5 Å². The third-order valence-corrected chi connectivity index (χ3v) is 6.71. The minimum Gasteiger partial charge on any atom is -0.444 e. The van der Waals surface area contributed by atoms with Gasteiger partial charge in [-0.1, -0.05) is 0 Å². The maximum absolute atomic E-state index is 14.3. The molecule has 0 aliphatic carbocycles. The van der Waals surface area contributed by atoms with Gasteiger partial charge >= 0.3 is 12.2 Å². The number of carbonyl (C=O) groups excluding carboxylic acids is 2. The lowest BCUT2D eigenvalue weighted by Gasteiger charge is -2.36. The molecule has 1 fully saturated rings. The summed E-state index contributed by atoms with van der Waals surface area (Å²) in [4.78, 5) is 38.3. The van der Waals surface area contributed by atoms with Crippen molar-refractivity contribution >= 4 is 40.4 Å². The van der Waals surface area contributed by atoms with Crippen molar-refractivity contribution in [3.8, 4) is 11.3 Å². The summed E-state index contributed by atoms with van der Waals surface area (Å²) < 4.78 is 26.7. The molecular weight excluding hydrogens is 551 g/mol. The average molecular weight is 589 g/mol. The van der Waals surface area contributed by atoms with Crippen LogP contribution in [0.25, 0.3) is 22.2 Å². The monoisotopic (exact) mass is 588 g/mol. The van der Waals surface area contributed by atoms with Crippen LogP contribution in [0.2, 0.25) is 0 Å². The van der Waals surface area contributed by atoms with Crippen molar-refractivity contribution in [3.63, 3.8) is 0 Å². The highest BCUT2D eigenvalue weighted by Gasteiger charge is 2.26. The fourth-order valence-corrected chi connectivity index (χ4v) is 4.80. The summed E-state index contributed by atoms with van der Waals surface area (Å²) >= 11 is 0. The molecule has 1 amide bonds. The number of fused-ring (bicyclic) bond motifs is 1. The molecule has 0 atom stereocenters. The van der Waals surface area contributed by atoms with Gasteiger partial charge in [-0.15, -0.1) is 0 Å². The van der Waals surface area contributed by atoms with Gasteiger partial charge in [0.2, 0.25) is 5.95 Å². The van der Waals surface area contributed by atoms with E-state index in [1.807, 2.05) is 45.0 Å². The predicted molar refractivity (Wildman–Crippen MR) is 164 cm³/mol. The number of halogens is 1. The first kappa shape index (κ1) is 29.8. The second-order valence-corrected chi connectivity index (χ2v) is 12.4. The number of hydrogen-bond donors (Lipinski definition) is 1.